The molecule has 0 fully saturated rings. The summed E-state index contributed by atoms with van der Waals surface area (Å²) in [6.07, 6.45) is -0.842. The van der Waals surface area contributed by atoms with Crippen molar-refractivity contribution in [3.63, 3.8) is 0 Å². The minimum atomic E-state index is -1.34. The number of alkyl carbamates (subject to hydrolysis) is 1. The van der Waals surface area contributed by atoms with Gasteiger partial charge in [0.1, 0.15) is 23.4 Å². The molecule has 10 nitrogen and oxygen atoms in total. The first kappa shape index (κ1) is 32.1. The first-order valence-electron chi connectivity index (χ1n) is 13.3. The molecule has 4 amide bonds. The van der Waals surface area contributed by atoms with E-state index in [1.165, 1.54) is 4.90 Å². The highest BCUT2D eigenvalue weighted by molar-refractivity contribution is 6.00. The Hall–Kier alpha value is -4.08. The molecule has 2 rings (SSSR count). The van der Waals surface area contributed by atoms with E-state index in [1.54, 1.807) is 52.1 Å². The summed E-state index contributed by atoms with van der Waals surface area (Å²) in [7, 11) is 1.55. The van der Waals surface area contributed by atoms with E-state index in [0.717, 1.165) is 11.1 Å². The largest absolute Gasteiger partial charge is 0.497 e. The van der Waals surface area contributed by atoms with Crippen LogP contribution in [0.4, 0.5) is 10.5 Å². The second kappa shape index (κ2) is 13.8. The van der Waals surface area contributed by atoms with Gasteiger partial charge in [-0.15, -0.1) is 0 Å². The molecule has 10 heteroatoms. The normalized spacial score (nSPS) is 13.4. The molecule has 0 bridgehead atoms. The number of amides is 4. The van der Waals surface area contributed by atoms with E-state index in [-0.39, 0.29) is 0 Å². The van der Waals surface area contributed by atoms with Gasteiger partial charge in [0.15, 0.2) is 0 Å². The zero-order chi connectivity index (χ0) is 30.2. The molecule has 0 heterocycles. The Bertz CT molecular complexity index is 1210. The number of nitrogens with two attached hydrogens (primary N) is 1. The Morgan fingerprint density at radius 3 is 2.17 bits per heavy atom. The lowest BCUT2D eigenvalue weighted by Gasteiger charge is -2.38. The van der Waals surface area contributed by atoms with Gasteiger partial charge in [-0.1, -0.05) is 30.7 Å². The van der Waals surface area contributed by atoms with Crippen LogP contribution in [0, 0.1) is 13.8 Å². The number of aryl methyl sites for hydroxylation is 2. The second-order valence-corrected chi connectivity index (χ2v) is 10.9. The summed E-state index contributed by atoms with van der Waals surface area (Å²) in [5.74, 6) is -1.25. The predicted molar refractivity (Wildman–Crippen MR) is 154 cm³/mol. The Kier molecular flexibility index (Phi) is 11.1. The molecule has 0 saturated carbocycles. The van der Waals surface area contributed by atoms with Crippen LogP contribution in [-0.4, -0.2) is 53.5 Å². The van der Waals surface area contributed by atoms with Crippen molar-refractivity contribution in [2.24, 2.45) is 5.73 Å². The van der Waals surface area contributed by atoms with Crippen LogP contribution in [0.25, 0.3) is 0 Å². The number of ether oxygens (including phenoxy) is 2. The van der Waals surface area contributed by atoms with Crippen LogP contribution >= 0.6 is 0 Å². The lowest BCUT2D eigenvalue weighted by molar-refractivity contribution is -0.144. The van der Waals surface area contributed by atoms with Crippen molar-refractivity contribution in [2.75, 3.05) is 12.4 Å². The Morgan fingerprint density at radius 1 is 1.02 bits per heavy atom. The van der Waals surface area contributed by atoms with Gasteiger partial charge in [-0.3, -0.25) is 14.4 Å². The van der Waals surface area contributed by atoms with Gasteiger partial charge in [-0.2, -0.15) is 0 Å². The maximum atomic E-state index is 14.2. The molecular weight excluding hydrogens is 512 g/mol. The maximum Gasteiger partial charge on any atom is 0.408 e. The van der Waals surface area contributed by atoms with Gasteiger partial charge in [0.25, 0.3) is 5.91 Å². The van der Waals surface area contributed by atoms with Gasteiger partial charge >= 0.3 is 6.09 Å². The average molecular weight is 555 g/mol. The van der Waals surface area contributed by atoms with Gasteiger partial charge in [-0.25, -0.2) is 4.79 Å². The van der Waals surface area contributed by atoms with Crippen molar-refractivity contribution in [1.82, 2.24) is 10.2 Å². The van der Waals surface area contributed by atoms with E-state index >= 15 is 0 Å². The Balaban J connectivity index is 2.62. The number of nitrogens with zero attached hydrogens (tertiary/aromatic N) is 1. The molecule has 2 aromatic carbocycles. The molecule has 218 valence electrons. The molecule has 3 unspecified atom stereocenters. The number of primary amides is 1. The molecule has 0 aromatic heterocycles. The summed E-state index contributed by atoms with van der Waals surface area (Å²) in [5, 5.41) is 5.41. The minimum absolute atomic E-state index is 0.449. The number of anilines is 1. The minimum Gasteiger partial charge on any atom is -0.497 e. The highest BCUT2D eigenvalue weighted by atomic mass is 16.6. The maximum absolute atomic E-state index is 14.2. The number of hydrogen-bond donors (Lipinski definition) is 3. The summed E-state index contributed by atoms with van der Waals surface area (Å²) < 4.78 is 10.5. The van der Waals surface area contributed by atoms with Gasteiger partial charge < -0.3 is 30.7 Å². The first-order valence-corrected chi connectivity index (χ1v) is 13.3. The van der Waals surface area contributed by atoms with E-state index in [4.69, 9.17) is 15.2 Å². The third-order valence-electron chi connectivity index (χ3n) is 6.33. The highest BCUT2D eigenvalue weighted by Crippen LogP contribution is 2.31. The fourth-order valence-electron chi connectivity index (χ4n) is 4.18. The Labute approximate surface area is 236 Å². The lowest BCUT2D eigenvalue weighted by Crippen LogP contribution is -2.55. The van der Waals surface area contributed by atoms with Gasteiger partial charge in [0.2, 0.25) is 11.8 Å². The second-order valence-electron chi connectivity index (χ2n) is 10.9. The smallest absolute Gasteiger partial charge is 0.408 e. The van der Waals surface area contributed by atoms with Crippen molar-refractivity contribution in [3.8, 4) is 5.75 Å². The summed E-state index contributed by atoms with van der Waals surface area (Å²) >= 11 is 0. The van der Waals surface area contributed by atoms with Crippen LogP contribution in [0.15, 0.2) is 42.5 Å². The third-order valence-corrected chi connectivity index (χ3v) is 6.33. The van der Waals surface area contributed by atoms with Crippen LogP contribution in [-0.2, 0) is 19.1 Å². The SMILES string of the molecule is CCC(C)N(C(=O)C(CC(N)=O)NC(=O)OC(C)(C)C)C(C(=O)Nc1ccc(OC)cc1)c1cc(C)ccc1C. The number of methoxy groups -OCH3 is 1. The van der Waals surface area contributed by atoms with E-state index in [1.807, 2.05) is 45.9 Å². The van der Waals surface area contributed by atoms with Crippen molar-refractivity contribution < 1.29 is 28.7 Å². The van der Waals surface area contributed by atoms with Gasteiger partial charge in [0.05, 0.1) is 13.5 Å². The monoisotopic (exact) mass is 554 g/mol. The Morgan fingerprint density at radius 2 is 1.65 bits per heavy atom. The van der Waals surface area contributed by atoms with Crippen LogP contribution in [0.5, 0.6) is 5.75 Å². The number of hydrogen-bond acceptors (Lipinski definition) is 6. The molecule has 40 heavy (non-hydrogen) atoms. The number of carbonyl (C=O) groups excluding carboxylic acids is 4. The van der Waals surface area contributed by atoms with Crippen LogP contribution in [0.1, 0.15) is 70.2 Å². The molecular formula is C30H42N4O6. The summed E-state index contributed by atoms with van der Waals surface area (Å²) in [6, 6.07) is 9.63. The average Bonchev–Trinajstić information content (AvgIpc) is 2.86. The van der Waals surface area contributed by atoms with Crippen molar-refractivity contribution >= 4 is 29.5 Å². The van der Waals surface area contributed by atoms with E-state index in [9.17, 15) is 19.2 Å². The van der Waals surface area contributed by atoms with Crippen LogP contribution < -0.4 is 21.1 Å². The van der Waals surface area contributed by atoms with Gasteiger partial charge in [0, 0.05) is 11.7 Å². The zero-order valence-electron chi connectivity index (χ0n) is 24.7. The van der Waals surface area contributed by atoms with Crippen molar-refractivity contribution in [2.45, 2.75) is 85.0 Å². The molecule has 0 radical (unpaired) electrons. The zero-order valence-corrected chi connectivity index (χ0v) is 24.7. The standard InChI is InChI=1S/C30H42N4O6/c1-9-20(4)34(28(37)24(17-25(31)35)33-29(38)40-30(5,6)7)26(23-16-18(2)10-11-19(23)3)27(36)32-21-12-14-22(39-8)15-13-21/h10-16,20,24,26H,9,17H2,1-8H3,(H2,31,35)(H,32,36)(H,33,38). The van der Waals surface area contributed by atoms with Crippen molar-refractivity contribution in [3.05, 3.63) is 59.2 Å². The number of rotatable bonds is 11. The van der Waals surface area contributed by atoms with Crippen molar-refractivity contribution in [1.29, 1.82) is 0 Å². The quantitative estimate of drug-likeness (QED) is 0.376. The summed E-state index contributed by atoms with van der Waals surface area (Å²) in [4.78, 5) is 54.2. The van der Waals surface area contributed by atoms with Gasteiger partial charge in [-0.05, 0) is 83.4 Å². The molecule has 0 spiro atoms. The fourth-order valence-corrected chi connectivity index (χ4v) is 4.18. The first-order chi connectivity index (χ1) is 18.7. The van der Waals surface area contributed by atoms with Crippen LogP contribution in [0.2, 0.25) is 0 Å². The lowest BCUT2D eigenvalue weighted by atomic mass is 9.94. The molecule has 0 aliphatic heterocycles. The predicted octanol–water partition coefficient (Wildman–Crippen LogP) is 4.39. The molecule has 0 aliphatic rings. The third kappa shape index (κ3) is 9.00. The van der Waals surface area contributed by atoms with E-state index < -0.39 is 54.0 Å². The van der Waals surface area contributed by atoms with E-state index in [2.05, 4.69) is 10.6 Å². The molecule has 2 aromatic rings. The topological polar surface area (TPSA) is 140 Å². The fraction of sp³-hybridized carbons (Fsp3) is 0.467. The number of carbonyl (C=O) groups is 4. The number of nitrogens with one attached hydrogen (secondary N) is 2. The summed E-state index contributed by atoms with van der Waals surface area (Å²) in [5.41, 5.74) is 7.47. The number of benzene rings is 2. The molecule has 0 saturated heterocycles. The molecule has 4 N–H and O–H groups in total. The van der Waals surface area contributed by atoms with Crippen LogP contribution in [0.3, 0.4) is 0 Å². The van der Waals surface area contributed by atoms with E-state index in [0.29, 0.717) is 23.4 Å². The summed E-state index contributed by atoms with van der Waals surface area (Å²) in [6.45, 7) is 12.5. The molecule has 0 aliphatic carbocycles. The highest BCUT2D eigenvalue weighted by Gasteiger charge is 2.39. The molecule has 3 atom stereocenters.